The maximum Gasteiger partial charge on any atom is 0.318 e. The van der Waals surface area contributed by atoms with Crippen LogP contribution in [0.15, 0.2) is 11.1 Å². The van der Waals surface area contributed by atoms with Gasteiger partial charge in [0.05, 0.1) is 19.0 Å². The molecule has 0 aromatic heterocycles. The summed E-state index contributed by atoms with van der Waals surface area (Å²) in [5.74, 6) is -2.21. The molecule has 92 valence electrons. The normalized spacial score (nSPS) is 52.2. The lowest BCUT2D eigenvalue weighted by Gasteiger charge is -2.50. The minimum atomic E-state index is -2.50. The number of allylic oxidation sites excluding steroid dienone is 2. The number of rotatable bonds is 0. The molecule has 2 saturated heterocycles. The van der Waals surface area contributed by atoms with Gasteiger partial charge >= 0.3 is 11.9 Å². The van der Waals surface area contributed by atoms with E-state index < -0.39 is 42.0 Å². The zero-order valence-corrected chi connectivity index (χ0v) is 11.1. The topological polar surface area (TPSA) is 60.4 Å². The van der Waals surface area contributed by atoms with Crippen molar-refractivity contribution in [2.75, 3.05) is 12.8 Å². The van der Waals surface area contributed by atoms with E-state index in [1.54, 1.807) is 19.7 Å². The van der Waals surface area contributed by atoms with Crippen molar-refractivity contribution in [1.29, 1.82) is 0 Å². The monoisotopic (exact) mass is 274 g/mol. The van der Waals surface area contributed by atoms with Crippen molar-refractivity contribution in [3.8, 4) is 0 Å². The number of halogens is 1. The van der Waals surface area contributed by atoms with E-state index in [0.29, 0.717) is 11.2 Å². The van der Waals surface area contributed by atoms with E-state index in [1.807, 2.05) is 0 Å². The largest absolute Gasteiger partial charge is 0.393 e. The number of ether oxygens (including phenoxy) is 1. The lowest BCUT2D eigenvalue weighted by molar-refractivity contribution is -0.154. The molecule has 4 rings (SSSR count). The molecule has 3 heterocycles. The first-order chi connectivity index (χ1) is 7.77. The van der Waals surface area contributed by atoms with Gasteiger partial charge in [0.1, 0.15) is 0 Å². The van der Waals surface area contributed by atoms with Gasteiger partial charge in [0.2, 0.25) is 0 Å². The van der Waals surface area contributed by atoms with E-state index in [0.717, 1.165) is 0 Å². The molecule has 0 saturated carbocycles. The number of cyclic esters (lactones) is 2. The Hall–Kier alpha value is -0.600. The summed E-state index contributed by atoms with van der Waals surface area (Å²) in [4.78, 5) is 23.5. The van der Waals surface area contributed by atoms with Crippen LogP contribution in [0.3, 0.4) is 0 Å². The molecule has 2 fully saturated rings. The van der Waals surface area contributed by atoms with E-state index in [-0.39, 0.29) is 0 Å². The summed E-state index contributed by atoms with van der Waals surface area (Å²) in [5.41, 5.74) is -1.13. The highest BCUT2D eigenvalue weighted by molar-refractivity contribution is 7.64. The average Bonchev–Trinajstić information content (AvgIpc) is 2.46. The number of esters is 2. The Bertz CT molecular complexity index is 526. The first kappa shape index (κ1) is 11.5. The number of fused-ring (bicyclic) bond motifs is 1. The van der Waals surface area contributed by atoms with Crippen LogP contribution in [0.5, 0.6) is 0 Å². The molecule has 17 heavy (non-hydrogen) atoms. The average molecular weight is 275 g/mol. The fourth-order valence-corrected chi connectivity index (χ4v) is 7.35. The molecule has 0 radical (unpaired) electrons. The van der Waals surface area contributed by atoms with Gasteiger partial charge in [0, 0.05) is 22.3 Å². The number of hydrogen-bond acceptors (Lipinski definition) is 4. The summed E-state index contributed by atoms with van der Waals surface area (Å²) in [6.07, 6.45) is 2.08. The Kier molecular flexibility index (Phi) is 2.06. The zero-order valence-electron chi connectivity index (χ0n) is 9.47. The van der Waals surface area contributed by atoms with Crippen molar-refractivity contribution in [2.45, 2.75) is 12.6 Å². The second kappa shape index (κ2) is 3.04. The Balaban J connectivity index is 2.24. The van der Waals surface area contributed by atoms with Gasteiger partial charge in [-0.05, 0) is 6.66 Å². The standard InChI is InChI=1S/C11H12ClO4P/c1-11-4-17(2,15)5(3-6(11)12)7-8(11)10(14)16-9(7)13/h3,5,7-8H,4H2,1-2H3. The lowest BCUT2D eigenvalue weighted by atomic mass is 9.67. The Labute approximate surface area is 104 Å². The van der Waals surface area contributed by atoms with E-state index in [4.69, 9.17) is 16.3 Å². The minimum absolute atomic E-state index is 0.379. The maximum absolute atomic E-state index is 12.5. The second-order valence-corrected chi connectivity index (χ2v) is 9.17. The van der Waals surface area contributed by atoms with Crippen molar-refractivity contribution in [2.24, 2.45) is 17.3 Å². The summed E-state index contributed by atoms with van der Waals surface area (Å²) in [6, 6.07) is 0. The first-order valence-electron chi connectivity index (χ1n) is 5.47. The molecule has 5 unspecified atom stereocenters. The molecule has 4 aliphatic rings. The van der Waals surface area contributed by atoms with Crippen molar-refractivity contribution in [1.82, 2.24) is 0 Å². The quantitative estimate of drug-likeness (QED) is 0.384. The summed E-state index contributed by atoms with van der Waals surface area (Å²) in [6.45, 7) is 3.48. The van der Waals surface area contributed by atoms with Crippen LogP contribution >= 0.6 is 18.7 Å². The van der Waals surface area contributed by atoms with Gasteiger partial charge < -0.3 is 9.30 Å². The summed E-state index contributed by atoms with van der Waals surface area (Å²) >= 11 is 6.18. The number of carbonyl (C=O) groups excluding carboxylic acids is 2. The van der Waals surface area contributed by atoms with E-state index in [1.165, 1.54) is 0 Å². The summed E-state index contributed by atoms with van der Waals surface area (Å²) in [7, 11) is -2.50. The highest BCUT2D eigenvalue weighted by atomic mass is 35.5. The predicted molar refractivity (Wildman–Crippen MR) is 62.3 cm³/mol. The lowest BCUT2D eigenvalue weighted by Crippen LogP contribution is -2.51. The SMILES string of the molecule is CC12CP(C)(=O)C(C=C1Cl)C1C(=O)OC(=O)C12. The van der Waals surface area contributed by atoms with E-state index >= 15 is 0 Å². The van der Waals surface area contributed by atoms with Crippen molar-refractivity contribution in [3.05, 3.63) is 11.1 Å². The summed E-state index contributed by atoms with van der Waals surface area (Å²) < 4.78 is 17.3. The minimum Gasteiger partial charge on any atom is -0.393 e. The molecule has 0 N–H and O–H groups in total. The van der Waals surface area contributed by atoms with Crippen molar-refractivity contribution < 1.29 is 18.9 Å². The molecule has 1 aliphatic carbocycles. The fraction of sp³-hybridized carbons (Fsp3) is 0.636. The van der Waals surface area contributed by atoms with Crippen LogP contribution in [-0.2, 0) is 18.9 Å². The summed E-state index contributed by atoms with van der Waals surface area (Å²) in [5, 5.41) is 0.545. The van der Waals surface area contributed by atoms with Gasteiger partial charge in [0.25, 0.3) is 0 Å². The molecule has 5 atom stereocenters. The van der Waals surface area contributed by atoms with Gasteiger partial charge in [-0.1, -0.05) is 24.6 Å². The van der Waals surface area contributed by atoms with E-state index in [2.05, 4.69) is 0 Å². The highest BCUT2D eigenvalue weighted by Gasteiger charge is 2.67. The van der Waals surface area contributed by atoms with Crippen LogP contribution in [0.2, 0.25) is 0 Å². The van der Waals surface area contributed by atoms with Crippen LogP contribution in [0.25, 0.3) is 0 Å². The highest BCUT2D eigenvalue weighted by Crippen LogP contribution is 2.70. The van der Waals surface area contributed by atoms with Crippen LogP contribution in [0.1, 0.15) is 6.92 Å². The van der Waals surface area contributed by atoms with Crippen molar-refractivity contribution in [3.63, 3.8) is 0 Å². The maximum atomic E-state index is 12.5. The predicted octanol–water partition coefficient (Wildman–Crippen LogP) is 1.82. The third-order valence-electron chi connectivity index (χ3n) is 4.28. The molecule has 0 amide bonds. The molecule has 0 spiro atoms. The van der Waals surface area contributed by atoms with Crippen LogP contribution in [-0.4, -0.2) is 30.4 Å². The second-order valence-electron chi connectivity index (χ2n) is 5.50. The van der Waals surface area contributed by atoms with E-state index in [9.17, 15) is 14.2 Å². The zero-order chi connectivity index (χ0) is 12.6. The first-order valence-corrected chi connectivity index (χ1v) is 8.25. The molecular formula is C11H12ClO4P. The molecule has 0 aromatic carbocycles. The Morgan fingerprint density at radius 3 is 2.76 bits per heavy atom. The van der Waals surface area contributed by atoms with Gasteiger partial charge in [0.15, 0.2) is 0 Å². The van der Waals surface area contributed by atoms with Crippen LogP contribution in [0, 0.1) is 17.3 Å². The number of carbonyl (C=O) groups is 2. The van der Waals surface area contributed by atoms with Gasteiger partial charge in [-0.15, -0.1) is 0 Å². The molecule has 3 aliphatic heterocycles. The fourth-order valence-electron chi connectivity index (χ4n) is 3.53. The third-order valence-corrected chi connectivity index (χ3v) is 7.85. The Morgan fingerprint density at radius 2 is 2.12 bits per heavy atom. The van der Waals surface area contributed by atoms with Gasteiger partial charge in [-0.25, -0.2) is 0 Å². The van der Waals surface area contributed by atoms with Crippen molar-refractivity contribution >= 4 is 30.7 Å². The molecular weight excluding hydrogens is 263 g/mol. The van der Waals surface area contributed by atoms with Crippen LogP contribution in [0.4, 0.5) is 0 Å². The molecule has 2 bridgehead atoms. The van der Waals surface area contributed by atoms with Crippen LogP contribution < -0.4 is 0 Å². The van der Waals surface area contributed by atoms with Gasteiger partial charge in [-0.2, -0.15) is 0 Å². The Morgan fingerprint density at radius 1 is 1.47 bits per heavy atom. The van der Waals surface area contributed by atoms with Gasteiger partial charge in [-0.3, -0.25) is 9.59 Å². The number of hydrogen-bond donors (Lipinski definition) is 0. The molecule has 0 aromatic rings. The third kappa shape index (κ3) is 1.23. The molecule has 4 nitrogen and oxygen atoms in total. The smallest absolute Gasteiger partial charge is 0.318 e. The molecule has 6 heteroatoms.